The van der Waals surface area contributed by atoms with Gasteiger partial charge in [0.05, 0.1) is 0 Å². The minimum atomic E-state index is 0.346. The summed E-state index contributed by atoms with van der Waals surface area (Å²) >= 11 is 0. The van der Waals surface area contributed by atoms with Gasteiger partial charge in [-0.25, -0.2) is 0 Å². The van der Waals surface area contributed by atoms with Crippen molar-refractivity contribution in [1.29, 1.82) is 0 Å². The average molecular weight is 234 g/mol. The molecule has 1 aliphatic heterocycles. The number of hydrogen-bond acceptors (Lipinski definition) is 3. The van der Waals surface area contributed by atoms with E-state index < -0.39 is 0 Å². The summed E-state index contributed by atoms with van der Waals surface area (Å²) in [5, 5.41) is 9.48. The number of nitrogens with zero attached hydrogens (tertiary/aromatic N) is 1. The number of rotatable bonds is 4. The maximum absolute atomic E-state index is 9.48. The normalized spacial score (nSPS) is 18.5. The molecule has 94 valence electrons. The monoisotopic (exact) mass is 234 g/mol. The lowest BCUT2D eigenvalue weighted by atomic mass is 9.97. The van der Waals surface area contributed by atoms with Crippen LogP contribution in [0.1, 0.15) is 36.4 Å². The number of benzene rings is 1. The fourth-order valence-electron chi connectivity index (χ4n) is 2.78. The molecule has 1 aliphatic rings. The van der Waals surface area contributed by atoms with Crippen molar-refractivity contribution in [2.45, 2.75) is 32.2 Å². The molecule has 0 amide bonds. The van der Waals surface area contributed by atoms with Crippen molar-refractivity contribution < 1.29 is 5.11 Å². The zero-order valence-electron chi connectivity index (χ0n) is 10.5. The molecule has 17 heavy (non-hydrogen) atoms. The molecule has 2 rings (SSSR count). The maximum Gasteiger partial charge on any atom is 0.115 e. The summed E-state index contributed by atoms with van der Waals surface area (Å²) in [5.74, 6) is 0.346. The van der Waals surface area contributed by atoms with E-state index in [4.69, 9.17) is 5.73 Å². The molecule has 0 bridgehead atoms. The Morgan fingerprint density at radius 1 is 1.35 bits per heavy atom. The van der Waals surface area contributed by atoms with Crippen molar-refractivity contribution in [3.05, 3.63) is 29.3 Å². The molecule has 1 heterocycles. The van der Waals surface area contributed by atoms with Gasteiger partial charge in [-0.1, -0.05) is 6.07 Å². The SMILES string of the molecule is Cc1cc(O)ccc1C(CCN)N1CCCC1. The molecule has 0 saturated carbocycles. The van der Waals surface area contributed by atoms with Crippen molar-refractivity contribution in [2.75, 3.05) is 19.6 Å². The number of phenols is 1. The Kier molecular flexibility index (Phi) is 4.02. The van der Waals surface area contributed by atoms with Crippen LogP contribution < -0.4 is 5.73 Å². The molecule has 3 heteroatoms. The van der Waals surface area contributed by atoms with Crippen molar-refractivity contribution >= 4 is 0 Å². The van der Waals surface area contributed by atoms with Crippen molar-refractivity contribution in [2.24, 2.45) is 5.73 Å². The fraction of sp³-hybridized carbons (Fsp3) is 0.571. The quantitative estimate of drug-likeness (QED) is 0.839. The van der Waals surface area contributed by atoms with Crippen LogP contribution in [0.3, 0.4) is 0 Å². The Morgan fingerprint density at radius 3 is 2.65 bits per heavy atom. The fourth-order valence-corrected chi connectivity index (χ4v) is 2.78. The van der Waals surface area contributed by atoms with Gasteiger partial charge in [0.1, 0.15) is 5.75 Å². The minimum absolute atomic E-state index is 0.346. The summed E-state index contributed by atoms with van der Waals surface area (Å²) in [7, 11) is 0. The van der Waals surface area contributed by atoms with Gasteiger partial charge in [0.25, 0.3) is 0 Å². The van der Waals surface area contributed by atoms with E-state index in [-0.39, 0.29) is 0 Å². The highest BCUT2D eigenvalue weighted by molar-refractivity contribution is 5.36. The van der Waals surface area contributed by atoms with E-state index in [9.17, 15) is 5.11 Å². The highest BCUT2D eigenvalue weighted by atomic mass is 16.3. The first kappa shape index (κ1) is 12.4. The molecular weight excluding hydrogens is 212 g/mol. The molecule has 1 aromatic carbocycles. The van der Waals surface area contributed by atoms with Crippen LogP contribution >= 0.6 is 0 Å². The lowest BCUT2D eigenvalue weighted by Gasteiger charge is -2.29. The van der Waals surface area contributed by atoms with E-state index in [1.807, 2.05) is 12.1 Å². The van der Waals surface area contributed by atoms with Gasteiger partial charge in [0.2, 0.25) is 0 Å². The van der Waals surface area contributed by atoms with E-state index in [0.717, 1.165) is 12.0 Å². The number of aryl methyl sites for hydroxylation is 1. The third kappa shape index (κ3) is 2.79. The van der Waals surface area contributed by atoms with Gasteiger partial charge in [0, 0.05) is 6.04 Å². The summed E-state index contributed by atoms with van der Waals surface area (Å²) in [5.41, 5.74) is 8.22. The highest BCUT2D eigenvalue weighted by Gasteiger charge is 2.23. The van der Waals surface area contributed by atoms with Gasteiger partial charge in [-0.2, -0.15) is 0 Å². The Bertz CT molecular complexity index is 372. The predicted octanol–water partition coefficient (Wildman–Crippen LogP) is 2.19. The summed E-state index contributed by atoms with van der Waals surface area (Å²) in [6.07, 6.45) is 3.57. The lowest BCUT2D eigenvalue weighted by Crippen LogP contribution is -2.28. The van der Waals surface area contributed by atoms with Gasteiger partial charge < -0.3 is 10.8 Å². The Morgan fingerprint density at radius 2 is 2.06 bits per heavy atom. The number of nitrogens with two attached hydrogens (primary N) is 1. The lowest BCUT2D eigenvalue weighted by molar-refractivity contribution is 0.235. The largest absolute Gasteiger partial charge is 0.508 e. The summed E-state index contributed by atoms with van der Waals surface area (Å²) in [4.78, 5) is 2.52. The van der Waals surface area contributed by atoms with Crippen molar-refractivity contribution in [3.8, 4) is 5.75 Å². The van der Waals surface area contributed by atoms with Crippen LogP contribution in [0.15, 0.2) is 18.2 Å². The first-order valence-electron chi connectivity index (χ1n) is 6.46. The van der Waals surface area contributed by atoms with E-state index in [0.29, 0.717) is 18.3 Å². The summed E-state index contributed by atoms with van der Waals surface area (Å²) in [6, 6.07) is 6.09. The van der Waals surface area contributed by atoms with E-state index in [1.54, 1.807) is 6.07 Å². The van der Waals surface area contributed by atoms with Gasteiger partial charge in [-0.15, -0.1) is 0 Å². The molecule has 1 atom stereocenters. The van der Waals surface area contributed by atoms with Crippen LogP contribution in [0, 0.1) is 6.92 Å². The average Bonchev–Trinajstić information content (AvgIpc) is 2.80. The van der Waals surface area contributed by atoms with Crippen LogP contribution in [0.25, 0.3) is 0 Å². The first-order valence-corrected chi connectivity index (χ1v) is 6.46. The molecule has 1 fully saturated rings. The van der Waals surface area contributed by atoms with Gasteiger partial charge in [-0.3, -0.25) is 4.90 Å². The Hall–Kier alpha value is -1.06. The molecular formula is C14H22N2O. The molecule has 1 saturated heterocycles. The Labute approximate surface area is 103 Å². The molecule has 0 aliphatic carbocycles. The number of phenolic OH excluding ortho intramolecular Hbond substituents is 1. The topological polar surface area (TPSA) is 49.5 Å². The highest BCUT2D eigenvalue weighted by Crippen LogP contribution is 2.31. The van der Waals surface area contributed by atoms with Crippen molar-refractivity contribution in [1.82, 2.24) is 4.90 Å². The first-order chi connectivity index (χ1) is 8.22. The van der Waals surface area contributed by atoms with E-state index in [2.05, 4.69) is 11.8 Å². The maximum atomic E-state index is 9.48. The predicted molar refractivity (Wildman–Crippen MR) is 70.1 cm³/mol. The Balaban J connectivity index is 2.24. The van der Waals surface area contributed by atoms with Gasteiger partial charge >= 0.3 is 0 Å². The third-order valence-corrected chi connectivity index (χ3v) is 3.63. The third-order valence-electron chi connectivity index (χ3n) is 3.63. The second-order valence-corrected chi connectivity index (χ2v) is 4.88. The van der Waals surface area contributed by atoms with E-state index in [1.165, 1.54) is 31.5 Å². The second kappa shape index (κ2) is 5.52. The zero-order chi connectivity index (χ0) is 12.3. The number of aromatic hydroxyl groups is 1. The summed E-state index contributed by atoms with van der Waals surface area (Å²) < 4.78 is 0. The minimum Gasteiger partial charge on any atom is -0.508 e. The molecule has 0 spiro atoms. The van der Waals surface area contributed by atoms with Crippen LogP contribution in [-0.2, 0) is 0 Å². The number of likely N-dealkylation sites (tertiary alicyclic amines) is 1. The molecule has 0 radical (unpaired) electrons. The van der Waals surface area contributed by atoms with Crippen LogP contribution in [-0.4, -0.2) is 29.6 Å². The molecule has 1 unspecified atom stereocenters. The molecule has 0 aromatic heterocycles. The number of hydrogen-bond donors (Lipinski definition) is 2. The second-order valence-electron chi connectivity index (χ2n) is 4.88. The standard InChI is InChI=1S/C14H22N2O/c1-11-10-12(17)4-5-13(11)14(6-7-15)16-8-2-3-9-16/h4-5,10,14,17H,2-3,6-9,15H2,1H3. The van der Waals surface area contributed by atoms with Gasteiger partial charge in [0.15, 0.2) is 0 Å². The zero-order valence-corrected chi connectivity index (χ0v) is 10.5. The summed E-state index contributed by atoms with van der Waals surface area (Å²) in [6.45, 7) is 5.12. The van der Waals surface area contributed by atoms with Crippen LogP contribution in [0.2, 0.25) is 0 Å². The van der Waals surface area contributed by atoms with Crippen molar-refractivity contribution in [3.63, 3.8) is 0 Å². The van der Waals surface area contributed by atoms with Crippen LogP contribution in [0.4, 0.5) is 0 Å². The molecule has 1 aromatic rings. The van der Waals surface area contributed by atoms with Gasteiger partial charge in [-0.05, 0) is 69.1 Å². The van der Waals surface area contributed by atoms with E-state index >= 15 is 0 Å². The molecule has 3 N–H and O–H groups in total. The molecule has 3 nitrogen and oxygen atoms in total. The van der Waals surface area contributed by atoms with Crippen LogP contribution in [0.5, 0.6) is 5.75 Å². The smallest absolute Gasteiger partial charge is 0.115 e.